The van der Waals surface area contributed by atoms with E-state index in [-0.39, 0.29) is 5.91 Å². The Hall–Kier alpha value is -2.28. The maximum atomic E-state index is 12.3. The van der Waals surface area contributed by atoms with Crippen LogP contribution in [0, 0.1) is 0 Å². The zero-order chi connectivity index (χ0) is 15.6. The highest BCUT2D eigenvalue weighted by Gasteiger charge is 2.35. The second kappa shape index (κ2) is 6.08. The van der Waals surface area contributed by atoms with Crippen LogP contribution in [0.1, 0.15) is 18.4 Å². The first kappa shape index (κ1) is 14.3. The minimum atomic E-state index is 0.218. The lowest BCUT2D eigenvalue weighted by atomic mass is 10.0. The number of tetrazole rings is 1. The number of benzene rings is 1. The molecule has 0 atom stereocenters. The number of amides is 1. The van der Waals surface area contributed by atoms with E-state index in [0.717, 1.165) is 24.3 Å². The van der Waals surface area contributed by atoms with Gasteiger partial charge in [-0.1, -0.05) is 12.1 Å². The molecule has 3 heterocycles. The van der Waals surface area contributed by atoms with Gasteiger partial charge in [-0.3, -0.25) is 9.69 Å². The molecule has 2 aliphatic rings. The Balaban J connectivity index is 1.31. The highest BCUT2D eigenvalue weighted by molar-refractivity contribution is 5.79. The Labute approximate surface area is 134 Å². The third-order valence-electron chi connectivity index (χ3n) is 4.78. The van der Waals surface area contributed by atoms with E-state index in [1.54, 1.807) is 11.0 Å². The molecule has 120 valence electrons. The molecule has 7 nitrogen and oxygen atoms in total. The molecule has 4 rings (SSSR count). The lowest BCUT2D eigenvalue weighted by Crippen LogP contribution is -2.60. The van der Waals surface area contributed by atoms with Gasteiger partial charge in [0, 0.05) is 19.1 Å². The summed E-state index contributed by atoms with van der Waals surface area (Å²) in [6.07, 6.45) is 4.62. The normalized spacial score (nSPS) is 19.0. The van der Waals surface area contributed by atoms with E-state index in [2.05, 4.69) is 20.4 Å². The molecular weight excluding hydrogens is 292 g/mol. The molecule has 1 amide bonds. The Morgan fingerprint density at radius 1 is 1.13 bits per heavy atom. The Bertz CT molecular complexity index is 656. The Morgan fingerprint density at radius 2 is 1.87 bits per heavy atom. The summed E-state index contributed by atoms with van der Waals surface area (Å²) in [5.41, 5.74) is 1.92. The van der Waals surface area contributed by atoms with E-state index in [1.807, 2.05) is 29.2 Å². The van der Waals surface area contributed by atoms with Crippen molar-refractivity contribution in [1.82, 2.24) is 30.0 Å². The van der Waals surface area contributed by atoms with Crippen LogP contribution in [0.3, 0.4) is 0 Å². The first-order chi connectivity index (χ1) is 11.3. The van der Waals surface area contributed by atoms with Gasteiger partial charge in [0.2, 0.25) is 5.91 Å². The van der Waals surface area contributed by atoms with Crippen molar-refractivity contribution >= 4 is 5.91 Å². The van der Waals surface area contributed by atoms with Crippen LogP contribution < -0.4 is 0 Å². The SMILES string of the molecule is O=C(Cc1ccc(-n2cnnn2)cc1)N1CC(N2CCCC2)C1. The second-order valence-electron chi connectivity index (χ2n) is 6.29. The molecule has 23 heavy (non-hydrogen) atoms. The van der Waals surface area contributed by atoms with Crippen LogP contribution in [-0.2, 0) is 11.2 Å². The van der Waals surface area contributed by atoms with Crippen molar-refractivity contribution in [3.8, 4) is 5.69 Å². The molecule has 2 saturated heterocycles. The molecule has 0 unspecified atom stereocenters. The third kappa shape index (κ3) is 2.96. The number of carbonyl (C=O) groups excluding carboxylic acids is 1. The number of likely N-dealkylation sites (tertiary alicyclic amines) is 2. The molecule has 1 aromatic carbocycles. The van der Waals surface area contributed by atoms with Crippen molar-refractivity contribution in [2.75, 3.05) is 26.2 Å². The van der Waals surface area contributed by atoms with Gasteiger partial charge in [-0.15, -0.1) is 5.10 Å². The van der Waals surface area contributed by atoms with Crippen LogP contribution in [0.4, 0.5) is 0 Å². The Morgan fingerprint density at radius 3 is 2.52 bits per heavy atom. The van der Waals surface area contributed by atoms with Gasteiger partial charge in [0.25, 0.3) is 0 Å². The van der Waals surface area contributed by atoms with Gasteiger partial charge in [0.1, 0.15) is 6.33 Å². The predicted octanol–water partition coefficient (Wildman–Crippen LogP) is 0.511. The standard InChI is InChI=1S/C16H20N6O/c23-16(21-10-15(11-21)20-7-1-2-8-20)9-13-3-5-14(6-4-13)22-12-17-18-19-22/h3-6,12,15H,1-2,7-11H2. The van der Waals surface area contributed by atoms with Crippen LogP contribution in [-0.4, -0.2) is 68.1 Å². The minimum absolute atomic E-state index is 0.218. The zero-order valence-corrected chi connectivity index (χ0v) is 13.0. The number of hydrogen-bond donors (Lipinski definition) is 0. The Kier molecular flexibility index (Phi) is 3.78. The average Bonchev–Trinajstić information content (AvgIpc) is 3.20. The van der Waals surface area contributed by atoms with E-state index >= 15 is 0 Å². The predicted molar refractivity (Wildman–Crippen MR) is 84.0 cm³/mol. The molecule has 2 fully saturated rings. The summed E-state index contributed by atoms with van der Waals surface area (Å²) in [7, 11) is 0. The topological polar surface area (TPSA) is 67.2 Å². The lowest BCUT2D eigenvalue weighted by Gasteiger charge is -2.44. The van der Waals surface area contributed by atoms with E-state index in [9.17, 15) is 4.79 Å². The number of carbonyl (C=O) groups is 1. The van der Waals surface area contributed by atoms with E-state index in [4.69, 9.17) is 0 Å². The summed E-state index contributed by atoms with van der Waals surface area (Å²) in [6.45, 7) is 4.18. The molecular formula is C16H20N6O. The van der Waals surface area contributed by atoms with E-state index in [1.165, 1.54) is 25.9 Å². The number of aromatic nitrogens is 4. The zero-order valence-electron chi connectivity index (χ0n) is 13.0. The molecule has 0 radical (unpaired) electrons. The summed E-state index contributed by atoms with van der Waals surface area (Å²) >= 11 is 0. The monoisotopic (exact) mass is 312 g/mol. The molecule has 1 aromatic heterocycles. The molecule has 2 aromatic rings. The maximum absolute atomic E-state index is 12.3. The fraction of sp³-hybridized carbons (Fsp3) is 0.500. The van der Waals surface area contributed by atoms with E-state index < -0.39 is 0 Å². The van der Waals surface area contributed by atoms with Crippen LogP contribution in [0.15, 0.2) is 30.6 Å². The highest BCUT2D eigenvalue weighted by Crippen LogP contribution is 2.21. The minimum Gasteiger partial charge on any atom is -0.339 e. The number of hydrogen-bond acceptors (Lipinski definition) is 5. The molecule has 0 bridgehead atoms. The largest absolute Gasteiger partial charge is 0.339 e. The third-order valence-corrected chi connectivity index (χ3v) is 4.78. The molecule has 0 aliphatic carbocycles. The van der Waals surface area contributed by atoms with Gasteiger partial charge >= 0.3 is 0 Å². The molecule has 0 spiro atoms. The van der Waals surface area contributed by atoms with Crippen molar-refractivity contribution < 1.29 is 4.79 Å². The summed E-state index contributed by atoms with van der Waals surface area (Å²) < 4.78 is 1.60. The molecule has 2 aliphatic heterocycles. The van der Waals surface area contributed by atoms with Crippen molar-refractivity contribution in [3.63, 3.8) is 0 Å². The second-order valence-corrected chi connectivity index (χ2v) is 6.29. The van der Waals surface area contributed by atoms with Gasteiger partial charge in [0.15, 0.2) is 0 Å². The van der Waals surface area contributed by atoms with Crippen molar-refractivity contribution in [2.24, 2.45) is 0 Å². The fourth-order valence-corrected chi connectivity index (χ4v) is 3.33. The van der Waals surface area contributed by atoms with Gasteiger partial charge in [-0.25, -0.2) is 4.68 Å². The summed E-state index contributed by atoms with van der Waals surface area (Å²) in [6, 6.07) is 8.38. The molecule has 7 heteroatoms. The van der Waals surface area contributed by atoms with E-state index in [0.29, 0.717) is 12.5 Å². The van der Waals surface area contributed by atoms with Crippen LogP contribution in [0.2, 0.25) is 0 Å². The van der Waals surface area contributed by atoms with Crippen molar-refractivity contribution in [2.45, 2.75) is 25.3 Å². The molecule has 0 N–H and O–H groups in total. The quantitative estimate of drug-likeness (QED) is 0.823. The average molecular weight is 312 g/mol. The van der Waals surface area contributed by atoms with Gasteiger partial charge in [-0.2, -0.15) is 0 Å². The summed E-state index contributed by atoms with van der Waals surface area (Å²) in [4.78, 5) is 16.8. The summed E-state index contributed by atoms with van der Waals surface area (Å²) in [5, 5.41) is 11.1. The van der Waals surface area contributed by atoms with Gasteiger partial charge in [0.05, 0.1) is 12.1 Å². The van der Waals surface area contributed by atoms with Crippen LogP contribution >= 0.6 is 0 Å². The highest BCUT2D eigenvalue weighted by atomic mass is 16.2. The number of nitrogens with zero attached hydrogens (tertiary/aromatic N) is 6. The van der Waals surface area contributed by atoms with Crippen molar-refractivity contribution in [3.05, 3.63) is 36.2 Å². The van der Waals surface area contributed by atoms with Crippen LogP contribution in [0.5, 0.6) is 0 Å². The maximum Gasteiger partial charge on any atom is 0.227 e. The first-order valence-corrected chi connectivity index (χ1v) is 8.14. The first-order valence-electron chi connectivity index (χ1n) is 8.14. The summed E-state index contributed by atoms with van der Waals surface area (Å²) in [5.74, 6) is 0.218. The smallest absolute Gasteiger partial charge is 0.227 e. The lowest BCUT2D eigenvalue weighted by molar-refractivity contribution is -0.137. The van der Waals surface area contributed by atoms with Gasteiger partial charge < -0.3 is 4.90 Å². The molecule has 0 saturated carbocycles. The number of rotatable bonds is 4. The fourth-order valence-electron chi connectivity index (χ4n) is 3.33. The van der Waals surface area contributed by atoms with Crippen LogP contribution in [0.25, 0.3) is 5.69 Å². The van der Waals surface area contributed by atoms with Crippen molar-refractivity contribution in [1.29, 1.82) is 0 Å². The van der Waals surface area contributed by atoms with Gasteiger partial charge in [-0.05, 0) is 54.1 Å².